The predicted molar refractivity (Wildman–Crippen MR) is 130 cm³/mol. The minimum Gasteiger partial charge on any atom is -0.352 e. The fourth-order valence-corrected chi connectivity index (χ4v) is 4.41. The molecule has 2 amide bonds. The van der Waals surface area contributed by atoms with Crippen LogP contribution in [0.25, 0.3) is 0 Å². The molecule has 0 radical (unpaired) electrons. The molecule has 2 aliphatic heterocycles. The van der Waals surface area contributed by atoms with E-state index in [2.05, 4.69) is 25.4 Å². The normalized spacial score (nSPS) is 18.3. The third-order valence-electron chi connectivity index (χ3n) is 6.34. The molecule has 34 heavy (non-hydrogen) atoms. The summed E-state index contributed by atoms with van der Waals surface area (Å²) >= 11 is 0. The quantitative estimate of drug-likeness (QED) is 0.629. The van der Waals surface area contributed by atoms with E-state index in [0.29, 0.717) is 38.5 Å². The van der Waals surface area contributed by atoms with Crippen LogP contribution in [0.4, 0.5) is 23.0 Å². The molecule has 0 spiro atoms. The van der Waals surface area contributed by atoms with Crippen molar-refractivity contribution in [2.75, 3.05) is 47.8 Å². The van der Waals surface area contributed by atoms with Crippen LogP contribution in [0.2, 0.25) is 0 Å². The molecule has 1 aromatic carbocycles. The van der Waals surface area contributed by atoms with Crippen LogP contribution in [0.15, 0.2) is 60.9 Å². The van der Waals surface area contributed by atoms with Gasteiger partial charge >= 0.3 is 0 Å². The van der Waals surface area contributed by atoms with Gasteiger partial charge < -0.3 is 20.0 Å². The van der Waals surface area contributed by atoms with Crippen LogP contribution >= 0.6 is 0 Å². The van der Waals surface area contributed by atoms with Crippen LogP contribution < -0.4 is 15.1 Å². The molecule has 5 rings (SSSR count). The summed E-state index contributed by atoms with van der Waals surface area (Å²) in [5.74, 6) is 1.22. The maximum atomic E-state index is 13.1. The van der Waals surface area contributed by atoms with Crippen molar-refractivity contribution in [1.29, 1.82) is 0 Å². The number of piperazine rings is 1. The van der Waals surface area contributed by atoms with Gasteiger partial charge in [-0.05, 0) is 43.3 Å². The van der Waals surface area contributed by atoms with Crippen LogP contribution in [0.1, 0.15) is 12.0 Å². The molecule has 9 nitrogen and oxygen atoms in total. The third kappa shape index (κ3) is 4.68. The second-order valence-electron chi connectivity index (χ2n) is 8.69. The fraction of sp³-hybridized carbons (Fsp3) is 0.320. The van der Waals surface area contributed by atoms with Crippen LogP contribution in [0.3, 0.4) is 0 Å². The lowest BCUT2D eigenvalue weighted by Gasteiger charge is -2.36. The maximum absolute atomic E-state index is 13.1. The van der Waals surface area contributed by atoms with Crippen molar-refractivity contribution in [3.05, 3.63) is 66.5 Å². The number of hydrogen-bond acceptors (Lipinski definition) is 7. The van der Waals surface area contributed by atoms with Gasteiger partial charge in [0.1, 0.15) is 0 Å². The summed E-state index contributed by atoms with van der Waals surface area (Å²) in [4.78, 5) is 35.4. The highest BCUT2D eigenvalue weighted by atomic mass is 16.2. The minimum absolute atomic E-state index is 0.0107. The molecule has 9 heteroatoms. The lowest BCUT2D eigenvalue weighted by Crippen LogP contribution is -2.51. The zero-order valence-corrected chi connectivity index (χ0v) is 19.1. The number of nitrogens with one attached hydrogen (secondary N) is 1. The highest BCUT2D eigenvalue weighted by molar-refractivity contribution is 6.00. The molecule has 2 saturated heterocycles. The van der Waals surface area contributed by atoms with E-state index in [9.17, 15) is 9.59 Å². The molecule has 174 valence electrons. The van der Waals surface area contributed by atoms with Crippen molar-refractivity contribution < 1.29 is 9.59 Å². The lowest BCUT2D eigenvalue weighted by molar-refractivity contribution is -0.136. The number of carbonyl (C=O) groups is 2. The minimum atomic E-state index is -0.293. The van der Waals surface area contributed by atoms with Gasteiger partial charge in [-0.1, -0.05) is 17.7 Å². The average Bonchev–Trinajstić information content (AvgIpc) is 3.27. The van der Waals surface area contributed by atoms with Gasteiger partial charge in [0.05, 0.1) is 5.92 Å². The van der Waals surface area contributed by atoms with Crippen molar-refractivity contribution in [3.63, 3.8) is 0 Å². The van der Waals surface area contributed by atoms with E-state index < -0.39 is 0 Å². The Morgan fingerprint density at radius 2 is 1.68 bits per heavy atom. The molecule has 0 aliphatic carbocycles. The summed E-state index contributed by atoms with van der Waals surface area (Å²) in [5, 5.41) is 11.8. The lowest BCUT2D eigenvalue weighted by atomic mass is 10.1. The van der Waals surface area contributed by atoms with Crippen LogP contribution in [0, 0.1) is 12.8 Å². The summed E-state index contributed by atoms with van der Waals surface area (Å²) in [7, 11) is 0. The zero-order valence-electron chi connectivity index (χ0n) is 19.1. The molecule has 2 aliphatic rings. The van der Waals surface area contributed by atoms with Gasteiger partial charge in [0.15, 0.2) is 11.6 Å². The van der Waals surface area contributed by atoms with Crippen molar-refractivity contribution in [1.82, 2.24) is 20.1 Å². The number of pyridine rings is 1. The monoisotopic (exact) mass is 457 g/mol. The molecule has 1 unspecified atom stereocenters. The maximum Gasteiger partial charge on any atom is 0.228 e. The number of rotatable bonds is 5. The van der Waals surface area contributed by atoms with Gasteiger partial charge in [-0.2, -0.15) is 0 Å². The molecule has 2 aromatic heterocycles. The molecule has 3 aromatic rings. The first-order valence-corrected chi connectivity index (χ1v) is 11.5. The zero-order chi connectivity index (χ0) is 23.5. The second-order valence-corrected chi connectivity index (χ2v) is 8.69. The molecule has 0 saturated carbocycles. The van der Waals surface area contributed by atoms with Crippen molar-refractivity contribution >= 4 is 34.8 Å². The Balaban J connectivity index is 1.15. The largest absolute Gasteiger partial charge is 0.352 e. The standard InChI is InChI=1S/C25H27N7O2/c1-18-2-4-21(5-3-18)32-17-19(16-24(32)33)25(34)31-14-12-30(13-15-31)23-7-6-22(28-29-23)27-20-8-10-26-11-9-20/h2-11,19H,12-17H2,1H3,(H,26,27,28). The molecule has 1 atom stereocenters. The molecule has 2 fully saturated rings. The Labute approximate surface area is 198 Å². The summed E-state index contributed by atoms with van der Waals surface area (Å²) in [5.41, 5.74) is 2.90. The van der Waals surface area contributed by atoms with E-state index in [4.69, 9.17) is 0 Å². The molecular formula is C25H27N7O2. The van der Waals surface area contributed by atoms with Gasteiger partial charge in [-0.25, -0.2) is 0 Å². The first-order chi connectivity index (χ1) is 16.6. The van der Waals surface area contributed by atoms with Crippen molar-refractivity contribution in [3.8, 4) is 0 Å². The molecule has 0 bridgehead atoms. The average molecular weight is 458 g/mol. The number of amides is 2. The van der Waals surface area contributed by atoms with Crippen LogP contribution in [-0.4, -0.2) is 64.6 Å². The predicted octanol–water partition coefficient (Wildman–Crippen LogP) is 2.63. The van der Waals surface area contributed by atoms with Gasteiger partial charge in [0.25, 0.3) is 0 Å². The van der Waals surface area contributed by atoms with E-state index in [1.807, 2.05) is 60.4 Å². The van der Waals surface area contributed by atoms with E-state index in [1.165, 1.54) is 0 Å². The van der Waals surface area contributed by atoms with Crippen LogP contribution in [0.5, 0.6) is 0 Å². The first-order valence-electron chi connectivity index (χ1n) is 11.5. The topological polar surface area (TPSA) is 94.6 Å². The second kappa shape index (κ2) is 9.46. The summed E-state index contributed by atoms with van der Waals surface area (Å²) in [6.07, 6.45) is 3.70. The van der Waals surface area contributed by atoms with Gasteiger partial charge in [0, 0.05) is 62.9 Å². The van der Waals surface area contributed by atoms with E-state index in [1.54, 1.807) is 17.3 Å². The van der Waals surface area contributed by atoms with Gasteiger partial charge in [0.2, 0.25) is 11.8 Å². The Bertz CT molecular complexity index is 1140. The molecular weight excluding hydrogens is 430 g/mol. The highest BCUT2D eigenvalue weighted by Crippen LogP contribution is 2.27. The number of benzene rings is 1. The number of nitrogens with zero attached hydrogens (tertiary/aromatic N) is 6. The van der Waals surface area contributed by atoms with E-state index in [-0.39, 0.29) is 24.2 Å². The van der Waals surface area contributed by atoms with Gasteiger partial charge in [-0.15, -0.1) is 10.2 Å². The van der Waals surface area contributed by atoms with Gasteiger partial charge in [-0.3, -0.25) is 14.6 Å². The Morgan fingerprint density at radius 1 is 0.941 bits per heavy atom. The van der Waals surface area contributed by atoms with Crippen LogP contribution in [-0.2, 0) is 9.59 Å². The van der Waals surface area contributed by atoms with Crippen molar-refractivity contribution in [2.24, 2.45) is 5.92 Å². The summed E-state index contributed by atoms with van der Waals surface area (Å²) in [6, 6.07) is 15.4. The number of hydrogen-bond donors (Lipinski definition) is 1. The Kier molecular flexibility index (Phi) is 6.07. The molecule has 1 N–H and O–H groups in total. The summed E-state index contributed by atoms with van der Waals surface area (Å²) < 4.78 is 0. The van der Waals surface area contributed by atoms with E-state index >= 15 is 0 Å². The number of aryl methyl sites for hydroxylation is 1. The number of aromatic nitrogens is 3. The number of carbonyl (C=O) groups excluding carboxylic acids is 2. The first kappa shape index (κ1) is 21.8. The fourth-order valence-electron chi connectivity index (χ4n) is 4.41. The molecule has 4 heterocycles. The van der Waals surface area contributed by atoms with Crippen molar-refractivity contribution in [2.45, 2.75) is 13.3 Å². The smallest absolute Gasteiger partial charge is 0.228 e. The Morgan fingerprint density at radius 3 is 2.35 bits per heavy atom. The van der Waals surface area contributed by atoms with E-state index in [0.717, 1.165) is 22.8 Å². The summed E-state index contributed by atoms with van der Waals surface area (Å²) in [6.45, 7) is 5.03. The third-order valence-corrected chi connectivity index (χ3v) is 6.34. The Hall–Kier alpha value is -4.01. The number of anilines is 4. The highest BCUT2D eigenvalue weighted by Gasteiger charge is 2.38. The SMILES string of the molecule is Cc1ccc(N2CC(C(=O)N3CCN(c4ccc(Nc5ccncc5)nn4)CC3)CC2=O)cc1.